The Bertz CT molecular complexity index is 405. The van der Waals surface area contributed by atoms with E-state index in [1.165, 1.54) is 0 Å². The zero-order valence-electron chi connectivity index (χ0n) is 11.1. The molecule has 3 N–H and O–H groups in total. The summed E-state index contributed by atoms with van der Waals surface area (Å²) in [6.07, 6.45) is 1.17. The Kier molecular flexibility index (Phi) is 5.79. The monoisotopic (exact) mass is 284 g/mol. The highest BCUT2D eigenvalue weighted by Gasteiger charge is 2.31. The first-order valence-electron chi connectivity index (χ1n) is 6.28. The van der Waals surface area contributed by atoms with Crippen LogP contribution in [0.4, 0.5) is 0 Å². The van der Waals surface area contributed by atoms with Gasteiger partial charge in [0.25, 0.3) is 0 Å². The highest BCUT2D eigenvalue weighted by molar-refractivity contribution is 5.85. The molecule has 1 aliphatic rings. The van der Waals surface area contributed by atoms with Crippen LogP contribution in [0.15, 0.2) is 30.3 Å². The van der Waals surface area contributed by atoms with Gasteiger partial charge in [-0.15, -0.1) is 12.4 Å². The summed E-state index contributed by atoms with van der Waals surface area (Å²) in [5, 5.41) is 3.01. The molecular weight excluding hydrogens is 264 g/mol. The predicted octanol–water partition coefficient (Wildman–Crippen LogP) is 1.79. The van der Waals surface area contributed by atoms with Crippen molar-refractivity contribution in [2.45, 2.75) is 31.3 Å². The van der Waals surface area contributed by atoms with Crippen LogP contribution in [0.2, 0.25) is 0 Å². The Hall–Kier alpha value is -1.10. The number of carbonyl (C=O) groups is 1. The van der Waals surface area contributed by atoms with Crippen LogP contribution in [0.1, 0.15) is 31.4 Å². The zero-order valence-corrected chi connectivity index (χ0v) is 11.9. The standard InChI is InChI=1S/C14H20N2O2.ClH/c1-14(7-8-18-10-14)16-13(17)9-12(15)11-5-3-2-4-6-11;/h2-6,12H,7-10,15H2,1H3,(H,16,17);1H. The van der Waals surface area contributed by atoms with Gasteiger partial charge in [0, 0.05) is 19.1 Å². The molecule has 0 spiro atoms. The number of hydrogen-bond acceptors (Lipinski definition) is 3. The molecule has 1 aromatic carbocycles. The Labute approximate surface area is 120 Å². The van der Waals surface area contributed by atoms with Crippen LogP contribution in [-0.4, -0.2) is 24.7 Å². The van der Waals surface area contributed by atoms with Gasteiger partial charge < -0.3 is 15.8 Å². The summed E-state index contributed by atoms with van der Waals surface area (Å²) in [6, 6.07) is 9.43. The quantitative estimate of drug-likeness (QED) is 0.886. The molecular formula is C14H21ClN2O2. The normalized spacial score (nSPS) is 23.5. The summed E-state index contributed by atoms with van der Waals surface area (Å²) in [5.41, 5.74) is 6.78. The molecule has 0 aromatic heterocycles. The van der Waals surface area contributed by atoms with Gasteiger partial charge in [-0.25, -0.2) is 0 Å². The first-order valence-corrected chi connectivity index (χ1v) is 6.28. The number of benzene rings is 1. The summed E-state index contributed by atoms with van der Waals surface area (Å²) in [6.45, 7) is 3.30. The maximum absolute atomic E-state index is 11.9. The van der Waals surface area contributed by atoms with E-state index in [2.05, 4.69) is 5.32 Å². The van der Waals surface area contributed by atoms with E-state index in [1.54, 1.807) is 0 Å². The average molecular weight is 285 g/mol. The molecule has 2 atom stereocenters. The van der Waals surface area contributed by atoms with E-state index < -0.39 is 0 Å². The Morgan fingerprint density at radius 2 is 2.16 bits per heavy atom. The van der Waals surface area contributed by atoms with Crippen LogP contribution >= 0.6 is 12.4 Å². The van der Waals surface area contributed by atoms with E-state index in [4.69, 9.17) is 10.5 Å². The molecule has 1 amide bonds. The molecule has 1 heterocycles. The van der Waals surface area contributed by atoms with Crippen molar-refractivity contribution in [3.05, 3.63) is 35.9 Å². The van der Waals surface area contributed by atoms with E-state index in [1.807, 2.05) is 37.3 Å². The van der Waals surface area contributed by atoms with Crippen molar-refractivity contribution in [3.8, 4) is 0 Å². The van der Waals surface area contributed by atoms with Crippen LogP contribution in [0.25, 0.3) is 0 Å². The van der Waals surface area contributed by atoms with E-state index >= 15 is 0 Å². The smallest absolute Gasteiger partial charge is 0.222 e. The second kappa shape index (κ2) is 6.89. The lowest BCUT2D eigenvalue weighted by molar-refractivity contribution is -0.123. The van der Waals surface area contributed by atoms with Gasteiger partial charge in [0.2, 0.25) is 5.91 Å². The topological polar surface area (TPSA) is 64.4 Å². The minimum atomic E-state index is -0.253. The van der Waals surface area contributed by atoms with Crippen molar-refractivity contribution in [2.24, 2.45) is 5.73 Å². The van der Waals surface area contributed by atoms with Crippen molar-refractivity contribution < 1.29 is 9.53 Å². The molecule has 1 fully saturated rings. The van der Waals surface area contributed by atoms with E-state index in [0.29, 0.717) is 19.6 Å². The van der Waals surface area contributed by atoms with Gasteiger partial charge in [0.15, 0.2) is 0 Å². The van der Waals surface area contributed by atoms with Gasteiger partial charge in [0.1, 0.15) is 0 Å². The first-order chi connectivity index (χ1) is 8.59. The van der Waals surface area contributed by atoms with Crippen LogP contribution in [0, 0.1) is 0 Å². The van der Waals surface area contributed by atoms with Gasteiger partial charge >= 0.3 is 0 Å². The van der Waals surface area contributed by atoms with Crippen LogP contribution < -0.4 is 11.1 Å². The van der Waals surface area contributed by atoms with Gasteiger partial charge in [-0.05, 0) is 18.9 Å². The fourth-order valence-electron chi connectivity index (χ4n) is 2.17. The molecule has 5 heteroatoms. The molecule has 0 saturated carbocycles. The third-order valence-electron chi connectivity index (χ3n) is 3.29. The SMILES string of the molecule is CC1(NC(=O)CC(N)c2ccccc2)CCOC1.Cl. The zero-order chi connectivity index (χ0) is 13.0. The summed E-state index contributed by atoms with van der Waals surface area (Å²) < 4.78 is 5.30. The Morgan fingerprint density at radius 3 is 2.74 bits per heavy atom. The predicted molar refractivity (Wildman–Crippen MR) is 77.2 cm³/mol. The third kappa shape index (κ3) is 4.49. The van der Waals surface area contributed by atoms with Crippen molar-refractivity contribution in [2.75, 3.05) is 13.2 Å². The number of nitrogens with one attached hydrogen (secondary N) is 1. The summed E-state index contributed by atoms with van der Waals surface area (Å²) in [7, 11) is 0. The number of amides is 1. The molecule has 106 valence electrons. The number of carbonyl (C=O) groups excluding carboxylic acids is 1. The Balaban J connectivity index is 0.00000180. The maximum atomic E-state index is 11.9. The third-order valence-corrected chi connectivity index (χ3v) is 3.29. The summed E-state index contributed by atoms with van der Waals surface area (Å²) in [5.74, 6) is -0.0145. The molecule has 0 bridgehead atoms. The number of hydrogen-bond donors (Lipinski definition) is 2. The van der Waals surface area contributed by atoms with Crippen LogP contribution in [0.5, 0.6) is 0 Å². The molecule has 2 rings (SSSR count). The lowest BCUT2D eigenvalue weighted by atomic mass is 10.00. The minimum Gasteiger partial charge on any atom is -0.379 e. The number of rotatable bonds is 4. The molecule has 1 aromatic rings. The van der Waals surface area contributed by atoms with E-state index in [9.17, 15) is 4.79 Å². The van der Waals surface area contributed by atoms with Gasteiger partial charge in [0.05, 0.1) is 12.1 Å². The van der Waals surface area contributed by atoms with E-state index in [-0.39, 0.29) is 29.9 Å². The van der Waals surface area contributed by atoms with Crippen molar-refractivity contribution in [1.29, 1.82) is 0 Å². The summed E-state index contributed by atoms with van der Waals surface area (Å²) >= 11 is 0. The molecule has 0 radical (unpaired) electrons. The lowest BCUT2D eigenvalue weighted by Gasteiger charge is -2.24. The summed E-state index contributed by atoms with van der Waals surface area (Å²) in [4.78, 5) is 11.9. The Morgan fingerprint density at radius 1 is 1.47 bits per heavy atom. The molecule has 1 aliphatic heterocycles. The average Bonchev–Trinajstić information content (AvgIpc) is 2.76. The van der Waals surface area contributed by atoms with Gasteiger partial charge in [-0.2, -0.15) is 0 Å². The fourth-order valence-corrected chi connectivity index (χ4v) is 2.17. The highest BCUT2D eigenvalue weighted by atomic mass is 35.5. The molecule has 1 saturated heterocycles. The largest absolute Gasteiger partial charge is 0.379 e. The van der Waals surface area contributed by atoms with Crippen molar-refractivity contribution in [3.63, 3.8) is 0 Å². The van der Waals surface area contributed by atoms with Crippen LogP contribution in [0.3, 0.4) is 0 Å². The second-order valence-electron chi connectivity index (χ2n) is 5.13. The van der Waals surface area contributed by atoms with Crippen molar-refractivity contribution in [1.82, 2.24) is 5.32 Å². The van der Waals surface area contributed by atoms with Crippen molar-refractivity contribution >= 4 is 18.3 Å². The van der Waals surface area contributed by atoms with Gasteiger partial charge in [-0.3, -0.25) is 4.79 Å². The molecule has 4 nitrogen and oxygen atoms in total. The number of halogens is 1. The fraction of sp³-hybridized carbons (Fsp3) is 0.500. The molecule has 0 aliphatic carbocycles. The molecule has 19 heavy (non-hydrogen) atoms. The minimum absolute atomic E-state index is 0. The van der Waals surface area contributed by atoms with Gasteiger partial charge in [-0.1, -0.05) is 30.3 Å². The molecule has 2 unspecified atom stereocenters. The van der Waals surface area contributed by atoms with Crippen LogP contribution in [-0.2, 0) is 9.53 Å². The second-order valence-corrected chi connectivity index (χ2v) is 5.13. The first kappa shape index (κ1) is 16.0. The lowest BCUT2D eigenvalue weighted by Crippen LogP contribution is -2.47. The highest BCUT2D eigenvalue weighted by Crippen LogP contribution is 2.19. The maximum Gasteiger partial charge on any atom is 0.222 e. The number of nitrogens with two attached hydrogens (primary N) is 1. The van der Waals surface area contributed by atoms with E-state index in [0.717, 1.165) is 12.0 Å². The number of ether oxygens (including phenoxy) is 1.